The van der Waals surface area contributed by atoms with Crippen molar-refractivity contribution >= 4 is 28.8 Å². The molecule has 0 radical (unpaired) electrons. The Morgan fingerprint density at radius 3 is 2.32 bits per heavy atom. The number of nitrogens with zero attached hydrogens (tertiary/aromatic N) is 1. The SMILES string of the molecule is COc1ccccc1C1=C(Nc2cccc(C)c2C)C(=O)N(c2ccccc2F)C1=O. The molecule has 0 atom stereocenters. The van der Waals surface area contributed by atoms with Crippen molar-refractivity contribution in [2.24, 2.45) is 0 Å². The fraction of sp³-hybridized carbons (Fsp3) is 0.120. The highest BCUT2D eigenvalue weighted by Gasteiger charge is 2.42. The predicted octanol–water partition coefficient (Wildman–Crippen LogP) is 4.85. The molecule has 0 unspecified atom stereocenters. The molecule has 1 aliphatic heterocycles. The number of amides is 2. The second kappa shape index (κ2) is 8.07. The molecule has 3 aromatic rings. The fourth-order valence-corrected chi connectivity index (χ4v) is 3.62. The molecule has 0 bridgehead atoms. The first kappa shape index (κ1) is 20.3. The zero-order valence-corrected chi connectivity index (χ0v) is 17.4. The zero-order valence-electron chi connectivity index (χ0n) is 17.4. The van der Waals surface area contributed by atoms with Gasteiger partial charge >= 0.3 is 0 Å². The third-order valence-electron chi connectivity index (χ3n) is 5.42. The van der Waals surface area contributed by atoms with Crippen molar-refractivity contribution in [2.45, 2.75) is 13.8 Å². The molecule has 0 spiro atoms. The Labute approximate surface area is 179 Å². The van der Waals surface area contributed by atoms with Gasteiger partial charge in [-0.2, -0.15) is 0 Å². The lowest BCUT2D eigenvalue weighted by molar-refractivity contribution is -0.120. The van der Waals surface area contributed by atoms with E-state index in [9.17, 15) is 14.0 Å². The van der Waals surface area contributed by atoms with Crippen LogP contribution in [0.15, 0.2) is 72.4 Å². The topological polar surface area (TPSA) is 58.6 Å². The summed E-state index contributed by atoms with van der Waals surface area (Å²) in [6.45, 7) is 3.89. The van der Waals surface area contributed by atoms with Gasteiger partial charge in [-0.05, 0) is 49.2 Å². The molecule has 6 heteroatoms. The quantitative estimate of drug-likeness (QED) is 0.604. The van der Waals surface area contributed by atoms with Crippen LogP contribution in [0.4, 0.5) is 15.8 Å². The number of benzene rings is 3. The number of rotatable bonds is 5. The number of anilines is 2. The molecule has 31 heavy (non-hydrogen) atoms. The van der Waals surface area contributed by atoms with E-state index in [-0.39, 0.29) is 17.0 Å². The van der Waals surface area contributed by atoms with Gasteiger partial charge in [0.15, 0.2) is 0 Å². The summed E-state index contributed by atoms with van der Waals surface area (Å²) in [5.74, 6) is -1.46. The van der Waals surface area contributed by atoms with E-state index < -0.39 is 17.6 Å². The minimum absolute atomic E-state index is 0.0754. The Kier molecular flexibility index (Phi) is 5.29. The molecule has 0 saturated carbocycles. The van der Waals surface area contributed by atoms with Crippen molar-refractivity contribution in [1.82, 2.24) is 0 Å². The van der Waals surface area contributed by atoms with Crippen LogP contribution in [0.1, 0.15) is 16.7 Å². The van der Waals surface area contributed by atoms with Crippen LogP contribution < -0.4 is 15.0 Å². The van der Waals surface area contributed by atoms with Crippen molar-refractivity contribution in [2.75, 3.05) is 17.3 Å². The van der Waals surface area contributed by atoms with Gasteiger partial charge in [0, 0.05) is 11.3 Å². The number of methoxy groups -OCH3 is 1. The van der Waals surface area contributed by atoms with Gasteiger partial charge in [0.1, 0.15) is 17.3 Å². The maximum Gasteiger partial charge on any atom is 0.282 e. The van der Waals surface area contributed by atoms with Gasteiger partial charge in [0.05, 0.1) is 18.4 Å². The lowest BCUT2D eigenvalue weighted by Gasteiger charge is -2.16. The summed E-state index contributed by atoms with van der Waals surface area (Å²) in [7, 11) is 1.49. The maximum absolute atomic E-state index is 14.5. The van der Waals surface area contributed by atoms with Crippen molar-refractivity contribution in [3.05, 3.63) is 94.9 Å². The van der Waals surface area contributed by atoms with E-state index in [1.807, 2.05) is 32.0 Å². The lowest BCUT2D eigenvalue weighted by atomic mass is 10.0. The van der Waals surface area contributed by atoms with E-state index in [1.54, 1.807) is 30.3 Å². The minimum Gasteiger partial charge on any atom is -0.496 e. The second-order valence-corrected chi connectivity index (χ2v) is 7.22. The Bertz CT molecular complexity index is 1230. The van der Waals surface area contributed by atoms with Crippen molar-refractivity contribution < 1.29 is 18.7 Å². The smallest absolute Gasteiger partial charge is 0.282 e. The maximum atomic E-state index is 14.5. The van der Waals surface area contributed by atoms with Gasteiger partial charge in [0.25, 0.3) is 11.8 Å². The number of nitrogens with one attached hydrogen (secondary N) is 1. The highest BCUT2D eigenvalue weighted by molar-refractivity contribution is 6.46. The van der Waals surface area contributed by atoms with Gasteiger partial charge in [-0.3, -0.25) is 9.59 Å². The van der Waals surface area contributed by atoms with Gasteiger partial charge in [0.2, 0.25) is 0 Å². The Morgan fingerprint density at radius 1 is 0.871 bits per heavy atom. The average molecular weight is 416 g/mol. The van der Waals surface area contributed by atoms with Gasteiger partial charge in [-0.1, -0.05) is 42.5 Å². The zero-order chi connectivity index (χ0) is 22.1. The predicted molar refractivity (Wildman–Crippen MR) is 118 cm³/mol. The second-order valence-electron chi connectivity index (χ2n) is 7.22. The summed E-state index contributed by atoms with van der Waals surface area (Å²) in [6.07, 6.45) is 0. The first-order valence-electron chi connectivity index (χ1n) is 9.78. The highest BCUT2D eigenvalue weighted by Crippen LogP contribution is 2.38. The van der Waals surface area contributed by atoms with Gasteiger partial charge < -0.3 is 10.1 Å². The molecule has 0 fully saturated rings. The molecule has 0 saturated heterocycles. The number of halogens is 1. The number of ether oxygens (including phenoxy) is 1. The van der Waals surface area contributed by atoms with Crippen LogP contribution >= 0.6 is 0 Å². The number of hydrogen-bond acceptors (Lipinski definition) is 4. The van der Waals surface area contributed by atoms with Crippen LogP contribution in [0.5, 0.6) is 5.75 Å². The van der Waals surface area contributed by atoms with Crippen LogP contribution in [-0.2, 0) is 9.59 Å². The number of aryl methyl sites for hydroxylation is 1. The Hall–Kier alpha value is -3.93. The minimum atomic E-state index is -0.656. The molecule has 2 amide bonds. The van der Waals surface area contributed by atoms with E-state index in [4.69, 9.17) is 4.74 Å². The van der Waals surface area contributed by atoms with Gasteiger partial charge in [-0.15, -0.1) is 0 Å². The van der Waals surface area contributed by atoms with Crippen LogP contribution in [0.25, 0.3) is 5.57 Å². The molecule has 1 N–H and O–H groups in total. The van der Waals surface area contributed by atoms with Crippen LogP contribution in [0, 0.1) is 19.7 Å². The summed E-state index contributed by atoms with van der Waals surface area (Å²) >= 11 is 0. The van der Waals surface area contributed by atoms with Crippen LogP contribution in [0.2, 0.25) is 0 Å². The molecule has 0 aliphatic carbocycles. The fourth-order valence-electron chi connectivity index (χ4n) is 3.62. The van der Waals surface area contributed by atoms with Gasteiger partial charge in [-0.25, -0.2) is 9.29 Å². The first-order chi connectivity index (χ1) is 14.9. The Morgan fingerprint density at radius 2 is 1.58 bits per heavy atom. The molecule has 0 aromatic heterocycles. The number of carbonyl (C=O) groups excluding carboxylic acids is 2. The normalized spacial score (nSPS) is 13.7. The molecule has 1 aliphatic rings. The highest BCUT2D eigenvalue weighted by atomic mass is 19.1. The number of hydrogen-bond donors (Lipinski definition) is 1. The Balaban J connectivity index is 1.91. The number of imide groups is 1. The van der Waals surface area contributed by atoms with E-state index >= 15 is 0 Å². The summed E-state index contributed by atoms with van der Waals surface area (Å²) in [5.41, 5.74) is 3.24. The van der Waals surface area contributed by atoms with E-state index in [0.717, 1.165) is 16.0 Å². The van der Waals surface area contributed by atoms with Crippen molar-refractivity contribution in [1.29, 1.82) is 0 Å². The first-order valence-corrected chi connectivity index (χ1v) is 9.78. The molecule has 156 valence electrons. The van der Waals surface area contributed by atoms with E-state index in [1.165, 1.54) is 25.3 Å². The van der Waals surface area contributed by atoms with Crippen molar-refractivity contribution in [3.8, 4) is 5.75 Å². The van der Waals surface area contributed by atoms with Crippen LogP contribution in [-0.4, -0.2) is 18.9 Å². The summed E-state index contributed by atoms with van der Waals surface area (Å²) in [4.78, 5) is 27.8. The molecule has 1 heterocycles. The largest absolute Gasteiger partial charge is 0.496 e. The van der Waals surface area contributed by atoms with E-state index in [0.29, 0.717) is 17.0 Å². The monoisotopic (exact) mass is 416 g/mol. The van der Waals surface area contributed by atoms with Crippen molar-refractivity contribution in [3.63, 3.8) is 0 Å². The van der Waals surface area contributed by atoms with E-state index in [2.05, 4.69) is 5.32 Å². The summed E-state index contributed by atoms with van der Waals surface area (Å²) < 4.78 is 20.0. The molecule has 3 aromatic carbocycles. The average Bonchev–Trinajstić information content (AvgIpc) is 3.01. The lowest BCUT2D eigenvalue weighted by Crippen LogP contribution is -2.33. The summed E-state index contributed by atoms with van der Waals surface area (Å²) in [5, 5.41) is 3.14. The standard InChI is InChI=1S/C25H21FN2O3/c1-15-9-8-12-19(16(15)2)27-23-22(17-10-4-7-14-21(17)31-3)24(29)28(25(23)30)20-13-6-5-11-18(20)26/h4-14,27H,1-3H3. The molecule has 5 nitrogen and oxygen atoms in total. The molecular weight excluding hydrogens is 395 g/mol. The molecule has 4 rings (SSSR count). The third-order valence-corrected chi connectivity index (χ3v) is 5.42. The van der Waals surface area contributed by atoms with Crippen LogP contribution in [0.3, 0.4) is 0 Å². The third kappa shape index (κ3) is 3.46. The number of carbonyl (C=O) groups is 2. The molecular formula is C25H21FN2O3. The summed E-state index contributed by atoms with van der Waals surface area (Å²) in [6, 6.07) is 18.3. The number of para-hydroxylation sites is 2.